The molecule has 1 heterocycles. The number of hydrogen-bond donors (Lipinski definition) is 1. The molecule has 1 aliphatic rings. The first-order valence-electron chi connectivity index (χ1n) is 10.2. The normalized spacial score (nSPS) is 14.5. The third-order valence-corrected chi connectivity index (χ3v) is 5.70. The van der Waals surface area contributed by atoms with E-state index in [4.69, 9.17) is 4.74 Å². The summed E-state index contributed by atoms with van der Waals surface area (Å²) in [5.74, 6) is -1.69. The molecule has 3 aromatic rings. The molecule has 1 N–H and O–H groups in total. The third-order valence-electron chi connectivity index (χ3n) is 4.80. The number of thioether (sulfide) groups is 1. The standard InChI is InChI=1S/C25H18F2N2O4S/c26-18-5-3-4-17(12-18)15-33-19-10-8-16(9-11-19)13-22-24(31)29(25(32)34-22)14-23(30)28-21-7-2-1-6-20(21)27/h1-13H,14-15H2,(H,28,30)/b22-13+. The van der Waals surface area contributed by atoms with Crippen molar-refractivity contribution >= 4 is 40.6 Å². The van der Waals surface area contributed by atoms with Gasteiger partial charge >= 0.3 is 0 Å². The molecule has 4 rings (SSSR count). The zero-order valence-corrected chi connectivity index (χ0v) is 18.5. The number of anilines is 1. The molecule has 1 saturated heterocycles. The lowest BCUT2D eigenvalue weighted by Gasteiger charge is -2.12. The van der Waals surface area contributed by atoms with Gasteiger partial charge in [-0.15, -0.1) is 0 Å². The average Bonchev–Trinajstić information content (AvgIpc) is 3.07. The maximum atomic E-state index is 13.7. The Morgan fingerprint density at radius 2 is 1.76 bits per heavy atom. The topological polar surface area (TPSA) is 75.7 Å². The van der Waals surface area contributed by atoms with Gasteiger partial charge in [-0.1, -0.05) is 36.4 Å². The highest BCUT2D eigenvalue weighted by molar-refractivity contribution is 8.18. The Bertz CT molecular complexity index is 1280. The molecule has 3 amide bonds. The maximum Gasteiger partial charge on any atom is 0.294 e. The van der Waals surface area contributed by atoms with Crippen LogP contribution in [0.15, 0.2) is 77.7 Å². The number of carbonyl (C=O) groups excluding carboxylic acids is 3. The summed E-state index contributed by atoms with van der Waals surface area (Å²) >= 11 is 0.719. The van der Waals surface area contributed by atoms with E-state index in [-0.39, 0.29) is 23.0 Å². The Morgan fingerprint density at radius 1 is 1.00 bits per heavy atom. The molecule has 1 aliphatic heterocycles. The number of halogens is 2. The minimum absolute atomic E-state index is 0.0327. The maximum absolute atomic E-state index is 13.7. The van der Waals surface area contributed by atoms with Gasteiger partial charge in [-0.25, -0.2) is 8.78 Å². The van der Waals surface area contributed by atoms with E-state index in [0.717, 1.165) is 16.7 Å². The van der Waals surface area contributed by atoms with Crippen LogP contribution < -0.4 is 10.1 Å². The summed E-state index contributed by atoms with van der Waals surface area (Å²) < 4.78 is 32.6. The molecule has 0 unspecified atom stereocenters. The molecule has 3 aromatic carbocycles. The number of rotatable bonds is 7. The minimum atomic E-state index is -0.687. The molecular formula is C25H18F2N2O4S. The van der Waals surface area contributed by atoms with Gasteiger partial charge in [0.15, 0.2) is 0 Å². The van der Waals surface area contributed by atoms with E-state index in [1.54, 1.807) is 42.5 Å². The van der Waals surface area contributed by atoms with E-state index >= 15 is 0 Å². The molecule has 1 fully saturated rings. The largest absolute Gasteiger partial charge is 0.489 e. The lowest BCUT2D eigenvalue weighted by Crippen LogP contribution is -2.36. The molecule has 0 radical (unpaired) electrons. The second kappa shape index (κ2) is 10.3. The third kappa shape index (κ3) is 5.68. The summed E-state index contributed by atoms with van der Waals surface area (Å²) in [5.41, 5.74) is 1.31. The van der Waals surface area contributed by atoms with Crippen molar-refractivity contribution in [1.29, 1.82) is 0 Å². The Hall–Kier alpha value is -3.98. The molecule has 0 bridgehead atoms. The average molecular weight is 480 g/mol. The van der Waals surface area contributed by atoms with Crippen LogP contribution in [0.2, 0.25) is 0 Å². The van der Waals surface area contributed by atoms with Crippen molar-refractivity contribution in [2.45, 2.75) is 6.61 Å². The molecule has 9 heteroatoms. The van der Waals surface area contributed by atoms with Crippen LogP contribution in [-0.4, -0.2) is 28.5 Å². The van der Waals surface area contributed by atoms with Gasteiger partial charge in [-0.05, 0) is 65.4 Å². The molecule has 6 nitrogen and oxygen atoms in total. The van der Waals surface area contributed by atoms with Crippen molar-refractivity contribution in [3.05, 3.63) is 100 Å². The zero-order valence-electron chi connectivity index (χ0n) is 17.7. The predicted molar refractivity (Wildman–Crippen MR) is 125 cm³/mol. The molecule has 0 aromatic heterocycles. The van der Waals surface area contributed by atoms with E-state index in [1.807, 2.05) is 0 Å². The number of nitrogens with one attached hydrogen (secondary N) is 1. The minimum Gasteiger partial charge on any atom is -0.489 e. The zero-order chi connectivity index (χ0) is 24.1. The van der Waals surface area contributed by atoms with Crippen molar-refractivity contribution in [1.82, 2.24) is 4.90 Å². The fraction of sp³-hybridized carbons (Fsp3) is 0.0800. The van der Waals surface area contributed by atoms with E-state index in [1.165, 1.54) is 36.4 Å². The Kier molecular flexibility index (Phi) is 7.03. The first-order chi connectivity index (χ1) is 16.4. The molecule has 0 aliphatic carbocycles. The quantitative estimate of drug-likeness (QED) is 0.470. The lowest BCUT2D eigenvalue weighted by atomic mass is 10.2. The van der Waals surface area contributed by atoms with Crippen LogP contribution in [0.25, 0.3) is 6.08 Å². The van der Waals surface area contributed by atoms with Crippen LogP contribution in [-0.2, 0) is 16.2 Å². The number of nitrogens with zero attached hydrogens (tertiary/aromatic N) is 1. The smallest absolute Gasteiger partial charge is 0.294 e. The van der Waals surface area contributed by atoms with Gasteiger partial charge in [0.2, 0.25) is 5.91 Å². The van der Waals surface area contributed by atoms with Crippen molar-refractivity contribution in [2.24, 2.45) is 0 Å². The number of para-hydroxylation sites is 1. The van der Waals surface area contributed by atoms with Crippen LogP contribution in [0.1, 0.15) is 11.1 Å². The SMILES string of the molecule is O=C(CN1C(=O)S/C(=C/c2ccc(OCc3cccc(F)c3)cc2)C1=O)Nc1ccccc1F. The van der Waals surface area contributed by atoms with Gasteiger partial charge in [0.05, 0.1) is 10.6 Å². The first-order valence-corrected chi connectivity index (χ1v) is 11.0. The Morgan fingerprint density at radius 3 is 2.50 bits per heavy atom. The van der Waals surface area contributed by atoms with Crippen LogP contribution in [0.5, 0.6) is 5.75 Å². The summed E-state index contributed by atoms with van der Waals surface area (Å²) in [4.78, 5) is 38.1. The van der Waals surface area contributed by atoms with Crippen LogP contribution in [0.4, 0.5) is 19.3 Å². The molecule has 34 heavy (non-hydrogen) atoms. The number of ether oxygens (including phenoxy) is 1. The summed E-state index contributed by atoms with van der Waals surface area (Å²) in [5, 5.41) is 1.76. The van der Waals surface area contributed by atoms with Crippen molar-refractivity contribution in [3.63, 3.8) is 0 Å². The Labute approximate surface area is 198 Å². The number of carbonyl (C=O) groups is 3. The van der Waals surface area contributed by atoms with Gasteiger partial charge in [0.1, 0.15) is 30.5 Å². The van der Waals surface area contributed by atoms with Gasteiger partial charge < -0.3 is 10.1 Å². The molecule has 0 saturated carbocycles. The fourth-order valence-corrected chi connectivity index (χ4v) is 3.98. The highest BCUT2D eigenvalue weighted by atomic mass is 32.2. The number of amides is 3. The van der Waals surface area contributed by atoms with E-state index < -0.39 is 29.4 Å². The molecule has 0 spiro atoms. The lowest BCUT2D eigenvalue weighted by molar-refractivity contribution is -0.127. The highest BCUT2D eigenvalue weighted by Gasteiger charge is 2.36. The van der Waals surface area contributed by atoms with E-state index in [9.17, 15) is 23.2 Å². The summed E-state index contributed by atoms with van der Waals surface area (Å²) in [6, 6.07) is 18.5. The van der Waals surface area contributed by atoms with Gasteiger partial charge in [-0.3, -0.25) is 19.3 Å². The van der Waals surface area contributed by atoms with Crippen molar-refractivity contribution < 1.29 is 27.9 Å². The number of hydrogen-bond acceptors (Lipinski definition) is 5. The fourth-order valence-electron chi connectivity index (χ4n) is 3.14. The summed E-state index contributed by atoms with van der Waals surface area (Å²) in [6.45, 7) is -0.325. The van der Waals surface area contributed by atoms with E-state index in [2.05, 4.69) is 5.32 Å². The highest BCUT2D eigenvalue weighted by Crippen LogP contribution is 2.32. The van der Waals surface area contributed by atoms with Crippen molar-refractivity contribution in [3.8, 4) is 5.75 Å². The van der Waals surface area contributed by atoms with Gasteiger partial charge in [0, 0.05) is 0 Å². The summed E-state index contributed by atoms with van der Waals surface area (Å²) in [7, 11) is 0. The predicted octanol–water partition coefficient (Wildman–Crippen LogP) is 5.22. The monoisotopic (exact) mass is 480 g/mol. The van der Waals surface area contributed by atoms with Crippen LogP contribution in [0.3, 0.4) is 0 Å². The first kappa shape index (κ1) is 23.2. The van der Waals surface area contributed by atoms with Gasteiger partial charge in [0.25, 0.3) is 11.1 Å². The van der Waals surface area contributed by atoms with Crippen LogP contribution >= 0.6 is 11.8 Å². The number of benzene rings is 3. The molecule has 0 atom stereocenters. The van der Waals surface area contributed by atoms with E-state index in [0.29, 0.717) is 16.9 Å². The number of imide groups is 1. The molecule has 172 valence electrons. The second-order valence-electron chi connectivity index (χ2n) is 7.28. The van der Waals surface area contributed by atoms with Crippen LogP contribution in [0, 0.1) is 11.6 Å². The van der Waals surface area contributed by atoms with Gasteiger partial charge in [-0.2, -0.15) is 0 Å². The summed E-state index contributed by atoms with van der Waals surface area (Å²) in [6.07, 6.45) is 1.54. The Balaban J connectivity index is 1.36. The molecular weight excluding hydrogens is 462 g/mol. The van der Waals surface area contributed by atoms with Crippen molar-refractivity contribution in [2.75, 3.05) is 11.9 Å². The second-order valence-corrected chi connectivity index (χ2v) is 8.28.